The molecule has 1 aliphatic carbocycles. The van der Waals surface area contributed by atoms with Crippen LogP contribution in [0.25, 0.3) is 0 Å². The molecule has 1 aliphatic rings. The number of hydrogen-bond donors (Lipinski definition) is 0. The van der Waals surface area contributed by atoms with Crippen molar-refractivity contribution in [2.75, 3.05) is 6.61 Å². The molecule has 0 heterocycles. The molecule has 0 spiro atoms. The lowest BCUT2D eigenvalue weighted by Gasteiger charge is -2.36. The predicted octanol–water partition coefficient (Wildman–Crippen LogP) is 2.97. The maximum Gasteiger partial charge on any atom is 0.302 e. The van der Waals surface area contributed by atoms with E-state index in [1.54, 1.807) is 0 Å². The molecule has 1 rings (SSSR count). The van der Waals surface area contributed by atoms with Gasteiger partial charge in [-0.1, -0.05) is 20.8 Å². The SMILES string of the molecule is CC(=O)OCCC1CC(C(C)(C)C)CCC1=O. The zero-order chi connectivity index (χ0) is 13.1. The van der Waals surface area contributed by atoms with Crippen molar-refractivity contribution >= 4 is 11.8 Å². The summed E-state index contributed by atoms with van der Waals surface area (Å²) in [6, 6.07) is 0. The highest BCUT2D eigenvalue weighted by atomic mass is 16.5. The molecule has 0 aromatic carbocycles. The molecule has 2 unspecified atom stereocenters. The quantitative estimate of drug-likeness (QED) is 0.712. The van der Waals surface area contributed by atoms with E-state index in [0.717, 1.165) is 12.8 Å². The van der Waals surface area contributed by atoms with Crippen LogP contribution in [0.1, 0.15) is 53.4 Å². The summed E-state index contributed by atoms with van der Waals surface area (Å²) in [5.74, 6) is 0.771. The molecule has 17 heavy (non-hydrogen) atoms. The van der Waals surface area contributed by atoms with Crippen molar-refractivity contribution in [2.24, 2.45) is 17.3 Å². The largest absolute Gasteiger partial charge is 0.466 e. The molecule has 0 aromatic rings. The lowest BCUT2D eigenvalue weighted by Crippen LogP contribution is -2.32. The molecule has 2 atom stereocenters. The van der Waals surface area contributed by atoms with Crippen molar-refractivity contribution in [3.05, 3.63) is 0 Å². The number of hydrogen-bond acceptors (Lipinski definition) is 3. The Morgan fingerprint density at radius 1 is 1.41 bits per heavy atom. The summed E-state index contributed by atoms with van der Waals surface area (Å²) >= 11 is 0. The van der Waals surface area contributed by atoms with Crippen LogP contribution in [0.5, 0.6) is 0 Å². The number of ether oxygens (including phenoxy) is 1. The average molecular weight is 240 g/mol. The highest BCUT2D eigenvalue weighted by Crippen LogP contribution is 2.39. The van der Waals surface area contributed by atoms with E-state index < -0.39 is 0 Å². The Balaban J connectivity index is 2.46. The first-order valence-corrected chi connectivity index (χ1v) is 6.46. The molecular formula is C14H24O3. The fourth-order valence-electron chi connectivity index (χ4n) is 2.52. The van der Waals surface area contributed by atoms with Crippen LogP contribution >= 0.6 is 0 Å². The van der Waals surface area contributed by atoms with Crippen LogP contribution in [0, 0.1) is 17.3 Å². The minimum absolute atomic E-state index is 0.0901. The zero-order valence-corrected chi connectivity index (χ0v) is 11.4. The second-order valence-corrected chi connectivity index (χ2v) is 6.13. The van der Waals surface area contributed by atoms with Gasteiger partial charge >= 0.3 is 5.97 Å². The molecule has 3 nitrogen and oxygen atoms in total. The van der Waals surface area contributed by atoms with Gasteiger partial charge in [-0.15, -0.1) is 0 Å². The molecule has 0 aliphatic heterocycles. The number of carbonyl (C=O) groups excluding carboxylic acids is 2. The van der Waals surface area contributed by atoms with E-state index in [9.17, 15) is 9.59 Å². The molecule has 3 heteroatoms. The highest BCUT2D eigenvalue weighted by Gasteiger charge is 2.34. The van der Waals surface area contributed by atoms with Crippen molar-refractivity contribution in [1.29, 1.82) is 0 Å². The highest BCUT2D eigenvalue weighted by molar-refractivity contribution is 5.81. The minimum Gasteiger partial charge on any atom is -0.466 e. The average Bonchev–Trinajstić information content (AvgIpc) is 2.18. The van der Waals surface area contributed by atoms with E-state index in [1.807, 2.05) is 0 Å². The summed E-state index contributed by atoms with van der Waals surface area (Å²) in [5.41, 5.74) is 0.264. The van der Waals surface area contributed by atoms with Gasteiger partial charge in [0, 0.05) is 19.3 Å². The normalized spacial score (nSPS) is 25.8. The van der Waals surface area contributed by atoms with Gasteiger partial charge in [0.05, 0.1) is 6.61 Å². The monoisotopic (exact) mass is 240 g/mol. The van der Waals surface area contributed by atoms with Gasteiger partial charge in [0.1, 0.15) is 5.78 Å². The van der Waals surface area contributed by atoms with Crippen molar-refractivity contribution < 1.29 is 14.3 Å². The van der Waals surface area contributed by atoms with Crippen LogP contribution in [0.4, 0.5) is 0 Å². The van der Waals surface area contributed by atoms with E-state index in [-0.39, 0.29) is 17.3 Å². The Hall–Kier alpha value is -0.860. The predicted molar refractivity (Wildman–Crippen MR) is 66.5 cm³/mol. The van der Waals surface area contributed by atoms with Crippen molar-refractivity contribution in [3.63, 3.8) is 0 Å². The molecule has 0 amide bonds. The van der Waals surface area contributed by atoms with Crippen LogP contribution in [0.2, 0.25) is 0 Å². The van der Waals surface area contributed by atoms with Crippen LogP contribution in [-0.4, -0.2) is 18.4 Å². The van der Waals surface area contributed by atoms with Gasteiger partial charge in [0.25, 0.3) is 0 Å². The van der Waals surface area contributed by atoms with Crippen LogP contribution in [-0.2, 0) is 14.3 Å². The van der Waals surface area contributed by atoms with Gasteiger partial charge in [0.2, 0.25) is 0 Å². The fraction of sp³-hybridized carbons (Fsp3) is 0.857. The van der Waals surface area contributed by atoms with Gasteiger partial charge < -0.3 is 4.74 Å². The summed E-state index contributed by atoms with van der Waals surface area (Å²) in [6.07, 6.45) is 3.33. The molecular weight excluding hydrogens is 216 g/mol. The van der Waals surface area contributed by atoms with E-state index in [4.69, 9.17) is 4.74 Å². The van der Waals surface area contributed by atoms with Crippen molar-refractivity contribution in [2.45, 2.75) is 53.4 Å². The van der Waals surface area contributed by atoms with Crippen LogP contribution in [0.3, 0.4) is 0 Å². The van der Waals surface area contributed by atoms with E-state index >= 15 is 0 Å². The van der Waals surface area contributed by atoms with Gasteiger partial charge in [-0.2, -0.15) is 0 Å². The topological polar surface area (TPSA) is 43.4 Å². The first kappa shape index (κ1) is 14.2. The number of Topliss-reactive ketones (excluding diaryl/α,β-unsaturated/α-hetero) is 1. The summed E-state index contributed by atoms with van der Waals surface area (Å²) in [7, 11) is 0. The van der Waals surface area contributed by atoms with E-state index in [2.05, 4.69) is 20.8 Å². The Kier molecular flexibility index (Phi) is 4.72. The second-order valence-electron chi connectivity index (χ2n) is 6.13. The molecule has 0 radical (unpaired) electrons. The number of rotatable bonds is 3. The van der Waals surface area contributed by atoms with Gasteiger partial charge in [-0.3, -0.25) is 9.59 Å². The van der Waals surface area contributed by atoms with E-state index in [0.29, 0.717) is 31.1 Å². The third kappa shape index (κ3) is 4.49. The lowest BCUT2D eigenvalue weighted by molar-refractivity contribution is -0.142. The molecule has 1 fully saturated rings. The second kappa shape index (κ2) is 5.65. The summed E-state index contributed by atoms with van der Waals surface area (Å²) in [4.78, 5) is 22.5. The Labute approximate surface area is 104 Å². The van der Waals surface area contributed by atoms with Crippen LogP contribution < -0.4 is 0 Å². The Bertz CT molecular complexity index is 288. The lowest BCUT2D eigenvalue weighted by atomic mass is 9.68. The smallest absolute Gasteiger partial charge is 0.302 e. The summed E-state index contributed by atoms with van der Waals surface area (Å²) in [5, 5.41) is 0. The summed E-state index contributed by atoms with van der Waals surface area (Å²) < 4.78 is 4.92. The Morgan fingerprint density at radius 3 is 2.59 bits per heavy atom. The molecule has 0 aromatic heterocycles. The minimum atomic E-state index is -0.263. The standard InChI is InChI=1S/C14H24O3/c1-10(15)17-8-7-11-9-12(14(2,3)4)5-6-13(11)16/h11-12H,5-9H2,1-4H3. The Morgan fingerprint density at radius 2 is 2.06 bits per heavy atom. The molecule has 0 N–H and O–H groups in total. The third-order valence-corrected chi connectivity index (χ3v) is 3.76. The molecule has 1 saturated carbocycles. The molecule has 0 bridgehead atoms. The molecule has 98 valence electrons. The van der Waals surface area contributed by atoms with Crippen molar-refractivity contribution in [3.8, 4) is 0 Å². The number of carbonyl (C=O) groups is 2. The first-order chi connectivity index (χ1) is 7.80. The van der Waals surface area contributed by atoms with Gasteiger partial charge in [0.15, 0.2) is 0 Å². The van der Waals surface area contributed by atoms with Crippen molar-refractivity contribution in [1.82, 2.24) is 0 Å². The maximum absolute atomic E-state index is 11.8. The first-order valence-electron chi connectivity index (χ1n) is 6.46. The van der Waals surface area contributed by atoms with E-state index in [1.165, 1.54) is 6.92 Å². The number of ketones is 1. The number of esters is 1. The molecule has 0 saturated heterocycles. The maximum atomic E-state index is 11.8. The fourth-order valence-corrected chi connectivity index (χ4v) is 2.52. The summed E-state index contributed by atoms with van der Waals surface area (Å²) in [6.45, 7) is 8.48. The van der Waals surface area contributed by atoms with Gasteiger partial charge in [-0.05, 0) is 30.6 Å². The van der Waals surface area contributed by atoms with Gasteiger partial charge in [-0.25, -0.2) is 0 Å². The zero-order valence-electron chi connectivity index (χ0n) is 11.4. The third-order valence-electron chi connectivity index (χ3n) is 3.76. The van der Waals surface area contributed by atoms with Crippen LogP contribution in [0.15, 0.2) is 0 Å².